The fourth-order valence-corrected chi connectivity index (χ4v) is 2.70. The smallest absolute Gasteiger partial charge is 0.262 e. The van der Waals surface area contributed by atoms with Crippen LogP contribution in [0.2, 0.25) is 5.02 Å². The molecule has 0 spiro atoms. The fraction of sp³-hybridized carbons (Fsp3) is 0.545. The maximum Gasteiger partial charge on any atom is 0.262 e. The van der Waals surface area contributed by atoms with Gasteiger partial charge < -0.3 is 10.1 Å². The minimum absolute atomic E-state index is 0.0868. The summed E-state index contributed by atoms with van der Waals surface area (Å²) in [6.07, 6.45) is 0. The fourth-order valence-electron chi connectivity index (χ4n) is 1.51. The number of hydrogen-bond acceptors (Lipinski definition) is 3. The molecule has 0 atom stereocenters. The third-order valence-electron chi connectivity index (χ3n) is 2.68. The van der Waals surface area contributed by atoms with Gasteiger partial charge in [0, 0.05) is 12.0 Å². The highest BCUT2D eigenvalue weighted by atomic mass is 35.5. The molecule has 5 heteroatoms. The monoisotopic (exact) mass is 259 g/mol. The van der Waals surface area contributed by atoms with Gasteiger partial charge in [-0.25, -0.2) is 0 Å². The van der Waals surface area contributed by atoms with Crippen LogP contribution in [0.5, 0.6) is 0 Å². The summed E-state index contributed by atoms with van der Waals surface area (Å²) in [6.45, 7) is 6.06. The van der Waals surface area contributed by atoms with E-state index in [2.05, 4.69) is 12.2 Å². The van der Waals surface area contributed by atoms with Gasteiger partial charge in [0.25, 0.3) is 5.91 Å². The topological polar surface area (TPSA) is 38.3 Å². The zero-order valence-electron chi connectivity index (χ0n) is 9.30. The average Bonchev–Trinajstić information content (AvgIpc) is 2.54. The normalized spacial score (nSPS) is 17.9. The molecule has 2 rings (SSSR count). The lowest BCUT2D eigenvalue weighted by Gasteiger charge is -2.37. The lowest BCUT2D eigenvalue weighted by Crippen LogP contribution is -2.48. The first kappa shape index (κ1) is 11.9. The van der Waals surface area contributed by atoms with E-state index in [-0.39, 0.29) is 11.3 Å². The molecule has 1 aromatic heterocycles. The average molecular weight is 260 g/mol. The minimum atomic E-state index is -0.0868. The summed E-state index contributed by atoms with van der Waals surface area (Å²) in [5.41, 5.74) is 1.05. The Bertz CT molecular complexity index is 412. The standard InChI is InChI=1S/C11H14ClNO2S/c1-7-3-16-9(8(7)12)10(14)13-4-11(2)5-15-6-11/h3H,4-6H2,1-2H3,(H,13,14). The maximum absolute atomic E-state index is 11.8. The first-order valence-corrected chi connectivity index (χ1v) is 6.37. The summed E-state index contributed by atoms with van der Waals surface area (Å²) in [5, 5.41) is 5.36. The molecule has 3 nitrogen and oxygen atoms in total. The largest absolute Gasteiger partial charge is 0.380 e. The van der Waals surface area contributed by atoms with Crippen molar-refractivity contribution in [3.8, 4) is 0 Å². The molecule has 1 N–H and O–H groups in total. The van der Waals surface area contributed by atoms with E-state index in [1.54, 1.807) is 0 Å². The zero-order chi connectivity index (χ0) is 11.8. The quantitative estimate of drug-likeness (QED) is 0.906. The molecule has 1 aliphatic heterocycles. The number of amides is 1. The van der Waals surface area contributed by atoms with Crippen LogP contribution in [-0.4, -0.2) is 25.7 Å². The van der Waals surface area contributed by atoms with Crippen LogP contribution in [-0.2, 0) is 4.74 Å². The van der Waals surface area contributed by atoms with Gasteiger partial charge in [0.05, 0.1) is 18.2 Å². The van der Waals surface area contributed by atoms with Gasteiger partial charge >= 0.3 is 0 Å². The van der Waals surface area contributed by atoms with Crippen LogP contribution in [0, 0.1) is 12.3 Å². The molecule has 1 aliphatic rings. The summed E-state index contributed by atoms with van der Waals surface area (Å²) in [4.78, 5) is 12.4. The molecule has 0 aromatic carbocycles. The Hall–Kier alpha value is -0.580. The van der Waals surface area contributed by atoms with Crippen LogP contribution in [0.25, 0.3) is 0 Å². The number of rotatable bonds is 3. The molecule has 1 aromatic rings. The molecule has 0 unspecified atom stereocenters. The highest BCUT2D eigenvalue weighted by Gasteiger charge is 2.33. The first-order chi connectivity index (χ1) is 7.52. The highest BCUT2D eigenvalue weighted by molar-refractivity contribution is 7.13. The van der Waals surface area contributed by atoms with Gasteiger partial charge in [-0.1, -0.05) is 18.5 Å². The van der Waals surface area contributed by atoms with Gasteiger partial charge in [-0.2, -0.15) is 0 Å². The second kappa shape index (κ2) is 4.35. The molecule has 2 heterocycles. The van der Waals surface area contributed by atoms with Crippen LogP contribution in [0.15, 0.2) is 5.38 Å². The summed E-state index contributed by atoms with van der Waals surface area (Å²) in [5.74, 6) is -0.0868. The van der Waals surface area contributed by atoms with Crippen molar-refractivity contribution in [2.24, 2.45) is 5.41 Å². The highest BCUT2D eigenvalue weighted by Crippen LogP contribution is 2.28. The number of hydrogen-bond donors (Lipinski definition) is 1. The molecule has 1 fully saturated rings. The van der Waals surface area contributed by atoms with Crippen LogP contribution >= 0.6 is 22.9 Å². The van der Waals surface area contributed by atoms with Crippen LogP contribution in [0.1, 0.15) is 22.2 Å². The van der Waals surface area contributed by atoms with Crippen molar-refractivity contribution in [3.05, 3.63) is 20.8 Å². The van der Waals surface area contributed by atoms with Crippen molar-refractivity contribution in [2.45, 2.75) is 13.8 Å². The number of carbonyl (C=O) groups is 1. The van der Waals surface area contributed by atoms with Gasteiger partial charge in [-0.3, -0.25) is 4.79 Å². The van der Waals surface area contributed by atoms with E-state index >= 15 is 0 Å². The number of halogens is 1. The van der Waals surface area contributed by atoms with E-state index < -0.39 is 0 Å². The van der Waals surface area contributed by atoms with Crippen molar-refractivity contribution in [2.75, 3.05) is 19.8 Å². The Morgan fingerprint density at radius 1 is 1.69 bits per heavy atom. The molecule has 0 radical (unpaired) electrons. The molecular weight excluding hydrogens is 246 g/mol. The molecule has 0 aliphatic carbocycles. The number of carbonyl (C=O) groups excluding carboxylic acids is 1. The summed E-state index contributed by atoms with van der Waals surface area (Å²) < 4.78 is 5.13. The second-order valence-electron chi connectivity index (χ2n) is 4.55. The molecule has 0 saturated carbocycles. The van der Waals surface area contributed by atoms with Gasteiger partial charge in [0.1, 0.15) is 4.88 Å². The van der Waals surface area contributed by atoms with Gasteiger partial charge in [0.2, 0.25) is 0 Å². The van der Waals surface area contributed by atoms with E-state index in [1.807, 2.05) is 12.3 Å². The van der Waals surface area contributed by atoms with Crippen LogP contribution in [0.4, 0.5) is 0 Å². The summed E-state index contributed by atoms with van der Waals surface area (Å²) in [7, 11) is 0. The molecule has 0 bridgehead atoms. The van der Waals surface area contributed by atoms with E-state index in [0.717, 1.165) is 5.56 Å². The van der Waals surface area contributed by atoms with E-state index in [1.165, 1.54) is 11.3 Å². The Balaban J connectivity index is 1.95. The second-order valence-corrected chi connectivity index (χ2v) is 5.81. The SMILES string of the molecule is Cc1csc(C(=O)NCC2(C)COC2)c1Cl. The molecule has 1 amide bonds. The lowest BCUT2D eigenvalue weighted by molar-refractivity contribution is -0.0978. The van der Waals surface area contributed by atoms with Crippen molar-refractivity contribution in [1.29, 1.82) is 0 Å². The molecule has 88 valence electrons. The number of ether oxygens (including phenoxy) is 1. The summed E-state index contributed by atoms with van der Waals surface area (Å²) in [6, 6.07) is 0. The summed E-state index contributed by atoms with van der Waals surface area (Å²) >= 11 is 7.41. The number of thiophene rings is 1. The van der Waals surface area contributed by atoms with Crippen LogP contribution in [0.3, 0.4) is 0 Å². The minimum Gasteiger partial charge on any atom is -0.380 e. The van der Waals surface area contributed by atoms with Crippen molar-refractivity contribution in [3.63, 3.8) is 0 Å². The van der Waals surface area contributed by atoms with E-state index in [9.17, 15) is 4.79 Å². The van der Waals surface area contributed by atoms with Crippen molar-refractivity contribution >= 4 is 28.8 Å². The lowest BCUT2D eigenvalue weighted by atomic mass is 9.89. The predicted molar refractivity (Wildman–Crippen MR) is 65.3 cm³/mol. The Kier molecular flexibility index (Phi) is 3.24. The number of nitrogens with one attached hydrogen (secondary N) is 1. The molecule has 1 saturated heterocycles. The van der Waals surface area contributed by atoms with Gasteiger partial charge in [-0.15, -0.1) is 11.3 Å². The first-order valence-electron chi connectivity index (χ1n) is 5.11. The van der Waals surface area contributed by atoms with E-state index in [4.69, 9.17) is 16.3 Å². The van der Waals surface area contributed by atoms with E-state index in [0.29, 0.717) is 29.7 Å². The van der Waals surface area contributed by atoms with Crippen molar-refractivity contribution in [1.82, 2.24) is 5.32 Å². The molecule has 16 heavy (non-hydrogen) atoms. The maximum atomic E-state index is 11.8. The Labute approximate surface area is 104 Å². The Morgan fingerprint density at radius 3 is 2.81 bits per heavy atom. The third kappa shape index (κ3) is 2.24. The Morgan fingerprint density at radius 2 is 2.38 bits per heavy atom. The van der Waals surface area contributed by atoms with Gasteiger partial charge in [0.15, 0.2) is 0 Å². The van der Waals surface area contributed by atoms with Crippen LogP contribution < -0.4 is 5.32 Å². The number of aryl methyl sites for hydroxylation is 1. The third-order valence-corrected chi connectivity index (χ3v) is 4.38. The predicted octanol–water partition coefficient (Wildman–Crippen LogP) is 2.48. The van der Waals surface area contributed by atoms with Crippen molar-refractivity contribution < 1.29 is 9.53 Å². The van der Waals surface area contributed by atoms with Gasteiger partial charge in [-0.05, 0) is 17.9 Å². The molecular formula is C11H14ClNO2S. The zero-order valence-corrected chi connectivity index (χ0v) is 10.9.